The summed E-state index contributed by atoms with van der Waals surface area (Å²) in [6, 6.07) is 6.34. The third kappa shape index (κ3) is 3.55. The number of likely N-dealkylation sites (N-methyl/N-ethyl adjacent to an activating group) is 1. The van der Waals surface area contributed by atoms with Crippen molar-refractivity contribution in [1.82, 2.24) is 10.2 Å². The highest BCUT2D eigenvalue weighted by Gasteiger charge is 2.34. The average Bonchev–Trinajstić information content (AvgIpc) is 2.81. The Bertz CT molecular complexity index is 657. The van der Waals surface area contributed by atoms with Gasteiger partial charge in [0.25, 0.3) is 5.91 Å². The van der Waals surface area contributed by atoms with Gasteiger partial charge >= 0.3 is 6.03 Å². The Kier molecular flexibility index (Phi) is 4.77. The molecule has 3 rings (SSSR count). The van der Waals surface area contributed by atoms with Crippen LogP contribution < -0.4 is 15.5 Å². The summed E-state index contributed by atoms with van der Waals surface area (Å²) in [5, 5.41) is 6.02. The van der Waals surface area contributed by atoms with Crippen LogP contribution in [-0.2, 0) is 14.3 Å². The Morgan fingerprint density at radius 1 is 1.42 bits per heavy atom. The third-order valence-corrected chi connectivity index (χ3v) is 3.96. The molecule has 2 fully saturated rings. The van der Waals surface area contributed by atoms with Gasteiger partial charge in [0, 0.05) is 31.7 Å². The molecule has 0 spiro atoms. The summed E-state index contributed by atoms with van der Waals surface area (Å²) in [5.41, 5.74) is 0.996. The number of hydrogen-bond acceptors (Lipinski definition) is 5. The first kappa shape index (κ1) is 16.4. The van der Waals surface area contributed by atoms with Crippen LogP contribution in [-0.4, -0.2) is 62.1 Å². The summed E-state index contributed by atoms with van der Waals surface area (Å²) in [6.07, 6.45) is 0.300. The molecule has 0 aliphatic carbocycles. The van der Waals surface area contributed by atoms with Gasteiger partial charge in [0.2, 0.25) is 5.91 Å². The Labute approximate surface area is 139 Å². The molecule has 2 saturated heterocycles. The number of carbonyl (C=O) groups is 3. The molecule has 2 aliphatic heterocycles. The van der Waals surface area contributed by atoms with Crippen molar-refractivity contribution in [3.63, 3.8) is 0 Å². The van der Waals surface area contributed by atoms with E-state index in [2.05, 4.69) is 10.6 Å². The molecule has 1 aromatic carbocycles. The number of rotatable bonds is 4. The Morgan fingerprint density at radius 3 is 2.92 bits per heavy atom. The summed E-state index contributed by atoms with van der Waals surface area (Å²) >= 11 is 0. The van der Waals surface area contributed by atoms with Crippen LogP contribution in [0.1, 0.15) is 6.42 Å². The van der Waals surface area contributed by atoms with Crippen LogP contribution in [0.5, 0.6) is 0 Å². The number of ether oxygens (including phenoxy) is 1. The fourth-order valence-electron chi connectivity index (χ4n) is 2.78. The number of amides is 4. The van der Waals surface area contributed by atoms with Crippen molar-refractivity contribution < 1.29 is 19.1 Å². The van der Waals surface area contributed by atoms with Gasteiger partial charge in [0.1, 0.15) is 6.54 Å². The molecule has 4 amide bonds. The number of nitrogens with zero attached hydrogens (tertiary/aromatic N) is 2. The highest BCUT2D eigenvalue weighted by molar-refractivity contribution is 6.19. The molecule has 8 heteroatoms. The monoisotopic (exact) mass is 332 g/mol. The van der Waals surface area contributed by atoms with E-state index in [0.717, 1.165) is 11.4 Å². The fourth-order valence-corrected chi connectivity index (χ4v) is 2.78. The van der Waals surface area contributed by atoms with E-state index in [1.165, 1.54) is 4.90 Å². The van der Waals surface area contributed by atoms with Crippen molar-refractivity contribution in [2.45, 2.75) is 12.5 Å². The summed E-state index contributed by atoms with van der Waals surface area (Å²) in [7, 11) is 1.57. The topological polar surface area (TPSA) is 91.0 Å². The largest absolute Gasteiger partial charge is 0.378 e. The molecule has 24 heavy (non-hydrogen) atoms. The molecule has 128 valence electrons. The number of imide groups is 1. The number of morpholine rings is 1. The van der Waals surface area contributed by atoms with E-state index in [-0.39, 0.29) is 30.4 Å². The van der Waals surface area contributed by atoms with Crippen molar-refractivity contribution in [2.75, 3.05) is 43.6 Å². The van der Waals surface area contributed by atoms with Crippen molar-refractivity contribution in [1.29, 1.82) is 0 Å². The maximum absolute atomic E-state index is 12.1. The van der Waals surface area contributed by atoms with Crippen LogP contribution >= 0.6 is 0 Å². The van der Waals surface area contributed by atoms with Gasteiger partial charge in [-0.25, -0.2) is 9.69 Å². The van der Waals surface area contributed by atoms with Crippen LogP contribution in [0.3, 0.4) is 0 Å². The number of carbonyl (C=O) groups excluding carboxylic acids is 3. The second-order valence-corrected chi connectivity index (χ2v) is 5.90. The van der Waals surface area contributed by atoms with E-state index < -0.39 is 0 Å². The molecular formula is C16H20N4O4. The molecule has 2 aliphatic rings. The second kappa shape index (κ2) is 6.98. The van der Waals surface area contributed by atoms with E-state index in [0.29, 0.717) is 31.0 Å². The zero-order valence-electron chi connectivity index (χ0n) is 13.4. The molecule has 0 aromatic heterocycles. The summed E-state index contributed by atoms with van der Waals surface area (Å²) in [4.78, 5) is 38.6. The van der Waals surface area contributed by atoms with Gasteiger partial charge in [-0.1, -0.05) is 6.07 Å². The molecule has 8 nitrogen and oxygen atoms in total. The minimum atomic E-state index is -0.368. The minimum Gasteiger partial charge on any atom is -0.378 e. The van der Waals surface area contributed by atoms with Gasteiger partial charge in [-0.2, -0.15) is 0 Å². The lowest BCUT2D eigenvalue weighted by atomic mass is 10.2. The number of nitrogens with one attached hydrogen (secondary N) is 2. The number of hydrogen-bond donors (Lipinski definition) is 2. The smallest absolute Gasteiger partial charge is 0.331 e. The highest BCUT2D eigenvalue weighted by atomic mass is 16.5. The van der Waals surface area contributed by atoms with Crippen LogP contribution in [0.25, 0.3) is 0 Å². The van der Waals surface area contributed by atoms with Gasteiger partial charge < -0.3 is 20.3 Å². The zero-order chi connectivity index (χ0) is 17.1. The van der Waals surface area contributed by atoms with Crippen molar-refractivity contribution in [2.24, 2.45) is 0 Å². The molecule has 0 saturated carbocycles. The Balaban J connectivity index is 1.66. The van der Waals surface area contributed by atoms with Crippen molar-refractivity contribution in [3.05, 3.63) is 24.3 Å². The van der Waals surface area contributed by atoms with Gasteiger partial charge in [0.05, 0.1) is 18.9 Å². The van der Waals surface area contributed by atoms with Gasteiger partial charge in [-0.05, 0) is 18.2 Å². The molecular weight excluding hydrogens is 312 g/mol. The van der Waals surface area contributed by atoms with E-state index in [4.69, 9.17) is 4.74 Å². The van der Waals surface area contributed by atoms with E-state index in [9.17, 15) is 14.4 Å². The molecule has 0 bridgehead atoms. The minimum absolute atomic E-state index is 0.00248. The van der Waals surface area contributed by atoms with Crippen LogP contribution in [0.4, 0.5) is 16.2 Å². The van der Waals surface area contributed by atoms with E-state index in [1.807, 2.05) is 0 Å². The molecule has 2 heterocycles. The van der Waals surface area contributed by atoms with E-state index in [1.54, 1.807) is 31.3 Å². The standard InChI is InChI=1S/C16H20N4O4/c1-19-9-15(22)20(16(19)23)13-4-2-3-11(7-13)18-14(21)8-12-10-24-6-5-17-12/h2-4,7,12,17H,5-6,8-10H2,1H3,(H,18,21)/t12-/m0/s1. The summed E-state index contributed by atoms with van der Waals surface area (Å²) in [5.74, 6) is -0.430. The lowest BCUT2D eigenvalue weighted by Gasteiger charge is -2.23. The summed E-state index contributed by atoms with van der Waals surface area (Å²) in [6.45, 7) is 1.96. The molecule has 2 N–H and O–H groups in total. The first-order valence-corrected chi connectivity index (χ1v) is 7.83. The maximum atomic E-state index is 12.1. The predicted molar refractivity (Wildman–Crippen MR) is 87.8 cm³/mol. The molecule has 1 atom stereocenters. The lowest BCUT2D eigenvalue weighted by Crippen LogP contribution is -2.43. The first-order chi connectivity index (χ1) is 11.5. The molecule has 1 aromatic rings. The second-order valence-electron chi connectivity index (χ2n) is 5.90. The number of urea groups is 1. The fraction of sp³-hybridized carbons (Fsp3) is 0.438. The van der Waals surface area contributed by atoms with Crippen LogP contribution in [0, 0.1) is 0 Å². The number of benzene rings is 1. The normalized spacial score (nSPS) is 21.3. The van der Waals surface area contributed by atoms with Crippen LogP contribution in [0.15, 0.2) is 24.3 Å². The predicted octanol–water partition coefficient (Wildman–Crippen LogP) is 0.402. The number of anilines is 2. The van der Waals surface area contributed by atoms with Crippen molar-refractivity contribution >= 4 is 29.2 Å². The molecule has 0 unspecified atom stereocenters. The van der Waals surface area contributed by atoms with Crippen LogP contribution in [0.2, 0.25) is 0 Å². The highest BCUT2D eigenvalue weighted by Crippen LogP contribution is 2.24. The maximum Gasteiger partial charge on any atom is 0.331 e. The van der Waals surface area contributed by atoms with E-state index >= 15 is 0 Å². The zero-order valence-corrected chi connectivity index (χ0v) is 13.4. The average molecular weight is 332 g/mol. The molecule has 0 radical (unpaired) electrons. The SMILES string of the molecule is CN1CC(=O)N(c2cccc(NC(=O)C[C@H]3COCCN3)c2)C1=O. The summed E-state index contributed by atoms with van der Waals surface area (Å²) < 4.78 is 5.32. The quantitative estimate of drug-likeness (QED) is 0.779. The van der Waals surface area contributed by atoms with Gasteiger partial charge in [-0.3, -0.25) is 9.59 Å². The van der Waals surface area contributed by atoms with Crippen molar-refractivity contribution in [3.8, 4) is 0 Å². The van der Waals surface area contributed by atoms with Gasteiger partial charge in [-0.15, -0.1) is 0 Å². The Hall–Kier alpha value is -2.45. The first-order valence-electron chi connectivity index (χ1n) is 7.83. The lowest BCUT2D eigenvalue weighted by molar-refractivity contribution is -0.117. The third-order valence-electron chi connectivity index (χ3n) is 3.96. The van der Waals surface area contributed by atoms with Gasteiger partial charge in [0.15, 0.2) is 0 Å². The Morgan fingerprint density at radius 2 is 2.25 bits per heavy atom.